The zero-order valence-corrected chi connectivity index (χ0v) is 14.2. The smallest absolute Gasteiger partial charge is 0.271 e. The molecule has 0 aliphatic carbocycles. The summed E-state index contributed by atoms with van der Waals surface area (Å²) in [6.45, 7) is 1.90. The quantitative estimate of drug-likeness (QED) is 0.770. The van der Waals surface area contributed by atoms with E-state index < -0.39 is 0 Å². The normalized spacial score (nSPS) is 11.8. The number of benzene rings is 1. The van der Waals surface area contributed by atoms with E-state index in [-0.39, 0.29) is 11.9 Å². The van der Waals surface area contributed by atoms with Crippen LogP contribution in [0.15, 0.2) is 54.0 Å². The van der Waals surface area contributed by atoms with Crippen molar-refractivity contribution in [3.63, 3.8) is 0 Å². The van der Waals surface area contributed by atoms with Crippen LogP contribution in [-0.4, -0.2) is 23.0 Å². The number of nitrogens with zero attached hydrogens (tertiary/aromatic N) is 2. The van der Waals surface area contributed by atoms with Gasteiger partial charge < -0.3 is 10.1 Å². The van der Waals surface area contributed by atoms with Crippen molar-refractivity contribution >= 4 is 17.2 Å². The summed E-state index contributed by atoms with van der Waals surface area (Å²) >= 11 is 1.44. The number of ether oxygens (including phenoxy) is 1. The minimum absolute atomic E-state index is 0.176. The van der Waals surface area contributed by atoms with Crippen molar-refractivity contribution in [2.24, 2.45) is 0 Å². The summed E-state index contributed by atoms with van der Waals surface area (Å²) in [5.41, 5.74) is 2.18. The Morgan fingerprint density at radius 2 is 2.00 bits per heavy atom. The van der Waals surface area contributed by atoms with Gasteiger partial charge in [0.05, 0.1) is 18.8 Å². The molecule has 0 fully saturated rings. The van der Waals surface area contributed by atoms with E-state index in [2.05, 4.69) is 15.3 Å². The first kappa shape index (κ1) is 16.1. The average molecular weight is 339 g/mol. The van der Waals surface area contributed by atoms with Crippen LogP contribution in [0.4, 0.5) is 0 Å². The van der Waals surface area contributed by atoms with E-state index in [9.17, 15) is 4.79 Å². The third-order valence-electron chi connectivity index (χ3n) is 3.55. The van der Waals surface area contributed by atoms with Crippen LogP contribution in [0.2, 0.25) is 0 Å². The molecule has 0 aliphatic rings. The molecule has 1 amide bonds. The second kappa shape index (κ2) is 7.23. The van der Waals surface area contributed by atoms with Crippen molar-refractivity contribution in [1.29, 1.82) is 0 Å². The first-order valence-corrected chi connectivity index (χ1v) is 8.37. The Bertz CT molecular complexity index is 816. The number of rotatable bonds is 5. The Morgan fingerprint density at radius 3 is 2.67 bits per heavy atom. The largest absolute Gasteiger partial charge is 0.497 e. The number of hydrogen-bond donors (Lipinski definition) is 1. The van der Waals surface area contributed by atoms with Gasteiger partial charge in [-0.3, -0.25) is 9.78 Å². The van der Waals surface area contributed by atoms with Crippen LogP contribution in [0, 0.1) is 0 Å². The van der Waals surface area contributed by atoms with E-state index in [0.29, 0.717) is 5.69 Å². The van der Waals surface area contributed by atoms with Crippen molar-refractivity contribution in [3.05, 3.63) is 65.4 Å². The molecular formula is C18H17N3O2S. The lowest BCUT2D eigenvalue weighted by molar-refractivity contribution is 0.0935. The summed E-state index contributed by atoms with van der Waals surface area (Å²) < 4.78 is 5.15. The maximum atomic E-state index is 12.4. The van der Waals surface area contributed by atoms with Gasteiger partial charge in [-0.1, -0.05) is 6.07 Å². The predicted molar refractivity (Wildman–Crippen MR) is 94.2 cm³/mol. The van der Waals surface area contributed by atoms with Crippen LogP contribution >= 0.6 is 11.3 Å². The standard InChI is InChI=1S/C18H17N3O2S/c1-12(15-5-3-4-10-19-15)20-17(22)16-11-24-18(21-16)13-6-8-14(23-2)9-7-13/h3-12H,1-2H3,(H,20,22)/t12-/m1/s1. The highest BCUT2D eigenvalue weighted by Crippen LogP contribution is 2.25. The van der Waals surface area contributed by atoms with Gasteiger partial charge in [0.15, 0.2) is 0 Å². The molecule has 2 heterocycles. The number of carbonyl (C=O) groups excluding carboxylic acids is 1. The number of hydrogen-bond acceptors (Lipinski definition) is 5. The number of amides is 1. The molecule has 3 aromatic rings. The monoisotopic (exact) mass is 339 g/mol. The van der Waals surface area contributed by atoms with Crippen LogP contribution in [0.25, 0.3) is 10.6 Å². The highest BCUT2D eigenvalue weighted by atomic mass is 32.1. The Hall–Kier alpha value is -2.73. The molecule has 3 rings (SSSR count). The molecule has 0 radical (unpaired) electrons. The van der Waals surface area contributed by atoms with E-state index in [1.165, 1.54) is 11.3 Å². The van der Waals surface area contributed by atoms with Crippen molar-refractivity contribution < 1.29 is 9.53 Å². The number of nitrogens with one attached hydrogen (secondary N) is 1. The molecular weight excluding hydrogens is 322 g/mol. The third-order valence-corrected chi connectivity index (χ3v) is 4.44. The Balaban J connectivity index is 1.71. The molecule has 0 saturated carbocycles. The van der Waals surface area contributed by atoms with Crippen LogP contribution in [0.1, 0.15) is 29.1 Å². The highest BCUT2D eigenvalue weighted by molar-refractivity contribution is 7.13. The molecule has 1 atom stereocenters. The summed E-state index contributed by atoms with van der Waals surface area (Å²) in [5.74, 6) is 0.585. The van der Waals surface area contributed by atoms with Gasteiger partial charge in [0.25, 0.3) is 5.91 Å². The molecule has 5 nitrogen and oxygen atoms in total. The van der Waals surface area contributed by atoms with Gasteiger partial charge in [-0.2, -0.15) is 0 Å². The summed E-state index contributed by atoms with van der Waals surface area (Å²) in [6, 6.07) is 13.1. The van der Waals surface area contributed by atoms with Crippen LogP contribution < -0.4 is 10.1 Å². The molecule has 2 aromatic heterocycles. The van der Waals surface area contributed by atoms with Gasteiger partial charge >= 0.3 is 0 Å². The summed E-state index contributed by atoms with van der Waals surface area (Å²) in [6.07, 6.45) is 1.71. The van der Waals surface area contributed by atoms with Crippen molar-refractivity contribution in [2.45, 2.75) is 13.0 Å². The van der Waals surface area contributed by atoms with Gasteiger partial charge in [-0.15, -0.1) is 11.3 Å². The maximum absolute atomic E-state index is 12.4. The molecule has 0 saturated heterocycles. The van der Waals surface area contributed by atoms with Gasteiger partial charge in [-0.25, -0.2) is 4.98 Å². The Morgan fingerprint density at radius 1 is 1.21 bits per heavy atom. The summed E-state index contributed by atoms with van der Waals surface area (Å²) in [5, 5.41) is 5.48. The minimum Gasteiger partial charge on any atom is -0.497 e. The molecule has 1 aromatic carbocycles. The van der Waals surface area contributed by atoms with Crippen molar-refractivity contribution in [2.75, 3.05) is 7.11 Å². The summed E-state index contributed by atoms with van der Waals surface area (Å²) in [4.78, 5) is 21.0. The second-order valence-corrected chi connectivity index (χ2v) is 6.07. The third kappa shape index (κ3) is 3.60. The average Bonchev–Trinajstić information content (AvgIpc) is 3.13. The lowest BCUT2D eigenvalue weighted by Gasteiger charge is -2.11. The van der Waals surface area contributed by atoms with E-state index in [0.717, 1.165) is 22.0 Å². The maximum Gasteiger partial charge on any atom is 0.271 e. The van der Waals surface area contributed by atoms with E-state index >= 15 is 0 Å². The molecule has 0 unspecified atom stereocenters. The van der Waals surface area contributed by atoms with Crippen molar-refractivity contribution in [3.8, 4) is 16.3 Å². The van der Waals surface area contributed by atoms with Gasteiger partial charge in [0.2, 0.25) is 0 Å². The molecule has 122 valence electrons. The number of pyridine rings is 1. The van der Waals surface area contributed by atoms with Gasteiger partial charge in [-0.05, 0) is 43.3 Å². The first-order valence-electron chi connectivity index (χ1n) is 7.49. The zero-order valence-electron chi connectivity index (χ0n) is 13.4. The lowest BCUT2D eigenvalue weighted by Crippen LogP contribution is -2.27. The topological polar surface area (TPSA) is 64.1 Å². The fourth-order valence-electron chi connectivity index (χ4n) is 2.22. The Labute approximate surface area is 144 Å². The molecule has 0 spiro atoms. The second-order valence-electron chi connectivity index (χ2n) is 5.22. The molecule has 24 heavy (non-hydrogen) atoms. The first-order chi connectivity index (χ1) is 11.7. The zero-order chi connectivity index (χ0) is 16.9. The van der Waals surface area contributed by atoms with Gasteiger partial charge in [0, 0.05) is 17.1 Å². The molecule has 0 aliphatic heterocycles. The molecule has 0 bridgehead atoms. The molecule has 6 heteroatoms. The van der Waals surface area contributed by atoms with E-state index in [1.54, 1.807) is 18.7 Å². The fraction of sp³-hybridized carbons (Fsp3) is 0.167. The summed E-state index contributed by atoms with van der Waals surface area (Å²) in [7, 11) is 1.63. The predicted octanol–water partition coefficient (Wildman–Crippen LogP) is 3.70. The van der Waals surface area contributed by atoms with Crippen LogP contribution in [0.5, 0.6) is 5.75 Å². The van der Waals surface area contributed by atoms with E-state index in [1.807, 2.05) is 49.4 Å². The van der Waals surface area contributed by atoms with Crippen LogP contribution in [-0.2, 0) is 0 Å². The fourth-order valence-corrected chi connectivity index (χ4v) is 3.03. The SMILES string of the molecule is COc1ccc(-c2nc(C(=O)N[C@H](C)c3ccccn3)cs2)cc1. The van der Waals surface area contributed by atoms with Gasteiger partial charge in [0.1, 0.15) is 16.5 Å². The number of carbonyl (C=O) groups is 1. The highest BCUT2D eigenvalue weighted by Gasteiger charge is 2.15. The number of aromatic nitrogens is 2. The number of thiazole rings is 1. The Kier molecular flexibility index (Phi) is 4.86. The van der Waals surface area contributed by atoms with Crippen molar-refractivity contribution in [1.82, 2.24) is 15.3 Å². The lowest BCUT2D eigenvalue weighted by atomic mass is 10.2. The minimum atomic E-state index is -0.204. The van der Waals surface area contributed by atoms with E-state index in [4.69, 9.17) is 4.74 Å². The van der Waals surface area contributed by atoms with Crippen LogP contribution in [0.3, 0.4) is 0 Å². The molecule has 1 N–H and O–H groups in total. The number of methoxy groups -OCH3 is 1.